The predicted molar refractivity (Wildman–Crippen MR) is 88.3 cm³/mol. The minimum absolute atomic E-state index is 0.0260. The van der Waals surface area contributed by atoms with Crippen LogP contribution in [-0.4, -0.2) is 24.2 Å². The Hall–Kier alpha value is -2.06. The summed E-state index contributed by atoms with van der Waals surface area (Å²) in [6, 6.07) is 7.21. The highest BCUT2D eigenvalue weighted by Gasteiger charge is 2.48. The third-order valence-electron chi connectivity index (χ3n) is 3.98. The van der Waals surface area contributed by atoms with E-state index in [1.165, 1.54) is 0 Å². The van der Waals surface area contributed by atoms with Crippen LogP contribution in [0.5, 0.6) is 5.75 Å². The quantitative estimate of drug-likeness (QED) is 0.836. The molecule has 0 bridgehead atoms. The maximum absolute atomic E-state index is 12.7. The standard InChI is InChI=1S/C18H24N2O3/c1-5-22-18(4,14-6-7-14)17(21)20-16-9-8-15(23-12(2)3)10-13(16)11-19/h8-10,12,14H,5-7H2,1-4H3,(H,20,21). The molecule has 0 aromatic heterocycles. The van der Waals surface area contributed by atoms with Crippen LogP contribution in [0.1, 0.15) is 46.1 Å². The lowest BCUT2D eigenvalue weighted by Gasteiger charge is -2.28. The van der Waals surface area contributed by atoms with Gasteiger partial charge >= 0.3 is 0 Å². The molecule has 1 amide bonds. The van der Waals surface area contributed by atoms with Crippen molar-refractivity contribution in [3.63, 3.8) is 0 Å². The Kier molecular flexibility index (Phi) is 5.27. The molecule has 23 heavy (non-hydrogen) atoms. The van der Waals surface area contributed by atoms with Crippen molar-refractivity contribution in [2.24, 2.45) is 5.92 Å². The first-order valence-electron chi connectivity index (χ1n) is 8.07. The molecule has 0 saturated heterocycles. The predicted octanol–water partition coefficient (Wildman–Crippen LogP) is 3.49. The Balaban J connectivity index is 2.18. The Morgan fingerprint density at radius 1 is 1.48 bits per heavy atom. The van der Waals surface area contributed by atoms with Crippen molar-refractivity contribution < 1.29 is 14.3 Å². The highest BCUT2D eigenvalue weighted by molar-refractivity contribution is 5.98. The lowest BCUT2D eigenvalue weighted by Crippen LogP contribution is -2.45. The number of rotatable bonds is 7. The number of carbonyl (C=O) groups is 1. The molecule has 5 heteroatoms. The molecule has 1 unspecified atom stereocenters. The first-order valence-corrected chi connectivity index (χ1v) is 8.07. The van der Waals surface area contributed by atoms with E-state index in [2.05, 4.69) is 11.4 Å². The molecule has 1 saturated carbocycles. The third-order valence-corrected chi connectivity index (χ3v) is 3.98. The van der Waals surface area contributed by atoms with Gasteiger partial charge in [-0.15, -0.1) is 0 Å². The molecule has 5 nitrogen and oxygen atoms in total. The number of carbonyl (C=O) groups excluding carboxylic acids is 1. The number of ether oxygens (including phenoxy) is 2. The molecular formula is C18H24N2O3. The second kappa shape index (κ2) is 7.01. The number of amides is 1. The van der Waals surface area contributed by atoms with Gasteiger partial charge in [-0.2, -0.15) is 5.26 Å². The van der Waals surface area contributed by atoms with E-state index < -0.39 is 5.60 Å². The summed E-state index contributed by atoms with van der Waals surface area (Å²) >= 11 is 0. The largest absolute Gasteiger partial charge is 0.491 e. The van der Waals surface area contributed by atoms with Gasteiger partial charge in [0, 0.05) is 12.7 Å². The summed E-state index contributed by atoms with van der Waals surface area (Å²) in [6.07, 6.45) is 2.02. The SMILES string of the molecule is CCOC(C)(C(=O)Nc1ccc(OC(C)C)cc1C#N)C1CC1. The fourth-order valence-electron chi connectivity index (χ4n) is 2.62. The van der Waals surface area contributed by atoms with Crippen LogP contribution in [0.2, 0.25) is 0 Å². The lowest BCUT2D eigenvalue weighted by atomic mass is 9.98. The van der Waals surface area contributed by atoms with Crippen molar-refractivity contribution >= 4 is 11.6 Å². The van der Waals surface area contributed by atoms with E-state index in [-0.39, 0.29) is 17.9 Å². The van der Waals surface area contributed by atoms with Gasteiger partial charge in [0.1, 0.15) is 17.4 Å². The number of nitrogens with zero attached hydrogens (tertiary/aromatic N) is 1. The molecule has 0 radical (unpaired) electrons. The molecule has 1 aromatic carbocycles. The third kappa shape index (κ3) is 4.02. The number of anilines is 1. The monoisotopic (exact) mass is 316 g/mol. The van der Waals surface area contributed by atoms with Crippen LogP contribution in [0.4, 0.5) is 5.69 Å². The van der Waals surface area contributed by atoms with Crippen LogP contribution < -0.4 is 10.1 Å². The molecule has 1 aromatic rings. The molecule has 1 atom stereocenters. The Morgan fingerprint density at radius 3 is 2.70 bits per heavy atom. The Labute approximate surface area is 137 Å². The number of hydrogen-bond acceptors (Lipinski definition) is 4. The Morgan fingerprint density at radius 2 is 2.17 bits per heavy atom. The van der Waals surface area contributed by atoms with Crippen LogP contribution in [-0.2, 0) is 9.53 Å². The molecule has 1 fully saturated rings. The van der Waals surface area contributed by atoms with Gasteiger partial charge in [0.15, 0.2) is 0 Å². The van der Waals surface area contributed by atoms with Crippen molar-refractivity contribution in [1.82, 2.24) is 0 Å². The second-order valence-electron chi connectivity index (χ2n) is 6.25. The highest BCUT2D eigenvalue weighted by Crippen LogP contribution is 2.42. The van der Waals surface area contributed by atoms with E-state index >= 15 is 0 Å². The van der Waals surface area contributed by atoms with Crippen molar-refractivity contribution in [2.45, 2.75) is 52.2 Å². The van der Waals surface area contributed by atoms with E-state index in [9.17, 15) is 10.1 Å². The number of benzene rings is 1. The molecule has 2 rings (SSSR count). The van der Waals surface area contributed by atoms with E-state index in [1.807, 2.05) is 27.7 Å². The van der Waals surface area contributed by atoms with Gasteiger partial charge in [0.2, 0.25) is 0 Å². The maximum Gasteiger partial charge on any atom is 0.256 e. The van der Waals surface area contributed by atoms with Gasteiger partial charge in [-0.05, 0) is 58.6 Å². The van der Waals surface area contributed by atoms with Crippen LogP contribution in [0.25, 0.3) is 0 Å². The average Bonchev–Trinajstić information content (AvgIpc) is 3.33. The van der Waals surface area contributed by atoms with Gasteiger partial charge in [0.05, 0.1) is 17.4 Å². The van der Waals surface area contributed by atoms with Gasteiger partial charge < -0.3 is 14.8 Å². The summed E-state index contributed by atoms with van der Waals surface area (Å²) in [7, 11) is 0. The summed E-state index contributed by atoms with van der Waals surface area (Å²) < 4.78 is 11.3. The first-order chi connectivity index (χ1) is 10.9. The van der Waals surface area contributed by atoms with E-state index in [1.54, 1.807) is 18.2 Å². The van der Waals surface area contributed by atoms with Crippen LogP contribution in [0.3, 0.4) is 0 Å². The minimum Gasteiger partial charge on any atom is -0.491 e. The van der Waals surface area contributed by atoms with Crippen molar-refractivity contribution in [2.75, 3.05) is 11.9 Å². The molecule has 1 N–H and O–H groups in total. The zero-order valence-corrected chi connectivity index (χ0v) is 14.2. The summed E-state index contributed by atoms with van der Waals surface area (Å²) in [5.41, 5.74) is 0.0283. The van der Waals surface area contributed by atoms with Crippen LogP contribution in [0, 0.1) is 17.2 Å². The highest BCUT2D eigenvalue weighted by atomic mass is 16.5. The smallest absolute Gasteiger partial charge is 0.256 e. The summed E-state index contributed by atoms with van der Waals surface area (Å²) in [5.74, 6) is 0.664. The molecule has 124 valence electrons. The summed E-state index contributed by atoms with van der Waals surface area (Å²) in [5, 5.41) is 12.2. The summed E-state index contributed by atoms with van der Waals surface area (Å²) in [4.78, 5) is 12.7. The average molecular weight is 316 g/mol. The number of nitrogens with one attached hydrogen (secondary N) is 1. The Bertz CT molecular complexity index is 617. The van der Waals surface area contributed by atoms with E-state index in [0.29, 0.717) is 23.6 Å². The zero-order valence-electron chi connectivity index (χ0n) is 14.2. The van der Waals surface area contributed by atoms with Gasteiger partial charge in [0.25, 0.3) is 5.91 Å². The molecule has 1 aliphatic rings. The molecule has 0 heterocycles. The van der Waals surface area contributed by atoms with Crippen LogP contribution >= 0.6 is 0 Å². The zero-order chi connectivity index (χ0) is 17.0. The number of nitriles is 1. The maximum atomic E-state index is 12.7. The first kappa shape index (κ1) is 17.3. The van der Waals surface area contributed by atoms with E-state index in [4.69, 9.17) is 9.47 Å². The van der Waals surface area contributed by atoms with Crippen molar-refractivity contribution in [3.8, 4) is 11.8 Å². The molecule has 0 aliphatic heterocycles. The topological polar surface area (TPSA) is 71.3 Å². The molecule has 0 spiro atoms. The summed E-state index contributed by atoms with van der Waals surface area (Å²) in [6.45, 7) is 8.03. The van der Waals surface area contributed by atoms with Crippen molar-refractivity contribution in [1.29, 1.82) is 5.26 Å². The molecular weight excluding hydrogens is 292 g/mol. The van der Waals surface area contributed by atoms with Crippen molar-refractivity contribution in [3.05, 3.63) is 23.8 Å². The van der Waals surface area contributed by atoms with Gasteiger partial charge in [-0.3, -0.25) is 4.79 Å². The van der Waals surface area contributed by atoms with E-state index in [0.717, 1.165) is 12.8 Å². The van der Waals surface area contributed by atoms with Crippen LogP contribution in [0.15, 0.2) is 18.2 Å². The van der Waals surface area contributed by atoms with Gasteiger partial charge in [-0.1, -0.05) is 0 Å². The normalized spacial score (nSPS) is 16.5. The van der Waals surface area contributed by atoms with Gasteiger partial charge in [-0.25, -0.2) is 0 Å². The number of hydrogen-bond donors (Lipinski definition) is 1. The lowest BCUT2D eigenvalue weighted by molar-refractivity contribution is -0.141. The fourth-order valence-corrected chi connectivity index (χ4v) is 2.62. The fraction of sp³-hybridized carbons (Fsp3) is 0.556. The second-order valence-corrected chi connectivity index (χ2v) is 6.25. The molecule has 1 aliphatic carbocycles. The minimum atomic E-state index is -0.839.